The third-order valence-electron chi connectivity index (χ3n) is 4.23. The lowest BCUT2D eigenvalue weighted by atomic mass is 10.0. The standard InChI is InChI=1S/C21H15F3N2O4/c1-30-18-7-4-13(9-17(18)20(28)29)19(27)26-16-8-14(10-25-11-16)12-2-5-15(6-3-12)21(22,23)24/h2-11H,1H3,(H,26,27)(H,28,29). The Bertz CT molecular complexity index is 1100. The molecule has 0 saturated carbocycles. The van der Waals surface area contributed by atoms with Crippen LogP contribution in [0.2, 0.25) is 0 Å². The molecule has 0 saturated heterocycles. The number of amides is 1. The number of rotatable bonds is 5. The molecule has 154 valence electrons. The molecule has 0 aliphatic heterocycles. The molecule has 0 aliphatic rings. The van der Waals surface area contributed by atoms with E-state index in [0.717, 1.165) is 12.1 Å². The van der Waals surface area contributed by atoms with Crippen LogP contribution in [-0.2, 0) is 6.18 Å². The number of nitrogens with one attached hydrogen (secondary N) is 1. The van der Waals surface area contributed by atoms with Crippen molar-refractivity contribution in [3.63, 3.8) is 0 Å². The number of pyridine rings is 1. The van der Waals surface area contributed by atoms with Crippen LogP contribution in [0.25, 0.3) is 11.1 Å². The molecule has 0 radical (unpaired) electrons. The predicted octanol–water partition coefficient (Wildman–Crippen LogP) is 4.73. The van der Waals surface area contributed by atoms with E-state index in [1.54, 1.807) is 6.07 Å². The van der Waals surface area contributed by atoms with E-state index < -0.39 is 23.6 Å². The summed E-state index contributed by atoms with van der Waals surface area (Å²) in [5, 5.41) is 11.8. The zero-order chi connectivity index (χ0) is 21.9. The number of alkyl halides is 3. The number of ether oxygens (including phenoxy) is 1. The number of benzene rings is 2. The van der Waals surface area contributed by atoms with Gasteiger partial charge >= 0.3 is 12.1 Å². The van der Waals surface area contributed by atoms with Crippen LogP contribution in [-0.4, -0.2) is 29.1 Å². The summed E-state index contributed by atoms with van der Waals surface area (Å²) in [6.07, 6.45) is -1.61. The molecule has 6 nitrogen and oxygen atoms in total. The van der Waals surface area contributed by atoms with Gasteiger partial charge in [-0.15, -0.1) is 0 Å². The average Bonchev–Trinajstić information content (AvgIpc) is 2.72. The number of nitrogens with zero attached hydrogens (tertiary/aromatic N) is 1. The lowest BCUT2D eigenvalue weighted by Gasteiger charge is -2.10. The van der Waals surface area contributed by atoms with Crippen molar-refractivity contribution < 1.29 is 32.6 Å². The second-order valence-electron chi connectivity index (χ2n) is 6.21. The van der Waals surface area contributed by atoms with Crippen LogP contribution in [0.5, 0.6) is 5.75 Å². The first kappa shape index (κ1) is 20.8. The Morgan fingerprint density at radius 2 is 1.70 bits per heavy atom. The summed E-state index contributed by atoms with van der Waals surface area (Å²) in [6, 6.07) is 10.1. The Kier molecular flexibility index (Phi) is 5.72. The van der Waals surface area contributed by atoms with Gasteiger partial charge in [-0.25, -0.2) is 4.79 Å². The van der Waals surface area contributed by atoms with E-state index in [2.05, 4.69) is 10.3 Å². The normalized spacial score (nSPS) is 11.1. The van der Waals surface area contributed by atoms with Crippen molar-refractivity contribution in [3.05, 3.63) is 77.6 Å². The Labute approximate surface area is 169 Å². The van der Waals surface area contributed by atoms with E-state index in [9.17, 15) is 27.9 Å². The Morgan fingerprint density at radius 1 is 1.00 bits per heavy atom. The molecule has 9 heteroatoms. The van der Waals surface area contributed by atoms with E-state index in [1.165, 1.54) is 49.8 Å². The highest BCUT2D eigenvalue weighted by molar-refractivity contribution is 6.06. The van der Waals surface area contributed by atoms with Gasteiger partial charge in [-0.3, -0.25) is 9.78 Å². The number of methoxy groups -OCH3 is 1. The fourth-order valence-electron chi connectivity index (χ4n) is 2.74. The van der Waals surface area contributed by atoms with Gasteiger partial charge in [0.25, 0.3) is 5.91 Å². The van der Waals surface area contributed by atoms with Crippen LogP contribution in [0.15, 0.2) is 60.9 Å². The van der Waals surface area contributed by atoms with E-state index in [-0.39, 0.29) is 16.9 Å². The minimum Gasteiger partial charge on any atom is -0.496 e. The summed E-state index contributed by atoms with van der Waals surface area (Å²) < 4.78 is 43.1. The van der Waals surface area contributed by atoms with Crippen molar-refractivity contribution in [2.45, 2.75) is 6.18 Å². The molecule has 30 heavy (non-hydrogen) atoms. The molecule has 0 aliphatic carbocycles. The van der Waals surface area contributed by atoms with Crippen molar-refractivity contribution in [3.8, 4) is 16.9 Å². The smallest absolute Gasteiger partial charge is 0.416 e. The number of carbonyl (C=O) groups excluding carboxylic acids is 1. The number of carbonyl (C=O) groups is 2. The quantitative estimate of drug-likeness (QED) is 0.628. The van der Waals surface area contributed by atoms with Crippen molar-refractivity contribution in [1.29, 1.82) is 0 Å². The molecule has 2 N–H and O–H groups in total. The number of carboxylic acids is 1. The summed E-state index contributed by atoms with van der Waals surface area (Å²) in [5.41, 5.74) is 0.448. The van der Waals surface area contributed by atoms with Gasteiger partial charge in [-0.2, -0.15) is 13.2 Å². The minimum absolute atomic E-state index is 0.0909. The van der Waals surface area contributed by atoms with Crippen molar-refractivity contribution in [2.75, 3.05) is 12.4 Å². The minimum atomic E-state index is -4.43. The fourth-order valence-corrected chi connectivity index (χ4v) is 2.74. The van der Waals surface area contributed by atoms with E-state index in [1.807, 2.05) is 0 Å². The van der Waals surface area contributed by atoms with Gasteiger partial charge < -0.3 is 15.2 Å². The Hall–Kier alpha value is -3.88. The van der Waals surface area contributed by atoms with Gasteiger partial charge in [0.1, 0.15) is 11.3 Å². The average molecular weight is 416 g/mol. The molecular weight excluding hydrogens is 401 g/mol. The van der Waals surface area contributed by atoms with Crippen molar-refractivity contribution >= 4 is 17.6 Å². The molecule has 1 aromatic heterocycles. The van der Waals surface area contributed by atoms with Gasteiger partial charge in [0.15, 0.2) is 0 Å². The first-order chi connectivity index (χ1) is 14.2. The molecule has 0 bridgehead atoms. The second-order valence-corrected chi connectivity index (χ2v) is 6.21. The first-order valence-electron chi connectivity index (χ1n) is 8.54. The van der Waals surface area contributed by atoms with Crippen LogP contribution >= 0.6 is 0 Å². The molecule has 1 heterocycles. The maximum absolute atomic E-state index is 12.7. The zero-order valence-corrected chi connectivity index (χ0v) is 15.5. The highest BCUT2D eigenvalue weighted by Crippen LogP contribution is 2.31. The maximum atomic E-state index is 12.7. The van der Waals surface area contributed by atoms with E-state index >= 15 is 0 Å². The monoisotopic (exact) mass is 416 g/mol. The summed E-state index contributed by atoms with van der Waals surface area (Å²) in [4.78, 5) is 27.8. The molecular formula is C21H15F3N2O4. The topological polar surface area (TPSA) is 88.5 Å². The van der Waals surface area contributed by atoms with Gasteiger partial charge in [0.05, 0.1) is 24.6 Å². The number of anilines is 1. The molecule has 2 aromatic carbocycles. The lowest BCUT2D eigenvalue weighted by Crippen LogP contribution is -2.13. The van der Waals surface area contributed by atoms with Gasteiger partial charge in [0, 0.05) is 17.3 Å². The SMILES string of the molecule is COc1ccc(C(=O)Nc2cncc(-c3ccc(C(F)(F)F)cc3)c2)cc1C(=O)O. The van der Waals surface area contributed by atoms with Crippen molar-refractivity contribution in [2.24, 2.45) is 0 Å². The van der Waals surface area contributed by atoms with Crippen LogP contribution in [0.4, 0.5) is 18.9 Å². The summed E-state index contributed by atoms with van der Waals surface area (Å²) in [5.74, 6) is -1.70. The molecule has 1 amide bonds. The van der Waals surface area contributed by atoms with Crippen LogP contribution in [0, 0.1) is 0 Å². The van der Waals surface area contributed by atoms with Gasteiger partial charge in [-0.05, 0) is 42.0 Å². The van der Waals surface area contributed by atoms with Gasteiger partial charge in [-0.1, -0.05) is 12.1 Å². The number of aromatic nitrogens is 1. The van der Waals surface area contributed by atoms with E-state index in [0.29, 0.717) is 16.8 Å². The molecule has 0 unspecified atom stereocenters. The largest absolute Gasteiger partial charge is 0.496 e. The van der Waals surface area contributed by atoms with Crippen LogP contribution in [0.3, 0.4) is 0 Å². The summed E-state index contributed by atoms with van der Waals surface area (Å²) >= 11 is 0. The molecule has 0 spiro atoms. The van der Waals surface area contributed by atoms with Crippen molar-refractivity contribution in [1.82, 2.24) is 4.98 Å². The predicted molar refractivity (Wildman–Crippen MR) is 103 cm³/mol. The third kappa shape index (κ3) is 4.57. The number of halogens is 3. The Balaban J connectivity index is 1.82. The number of carboxylic acid groups (broad SMARTS) is 1. The highest BCUT2D eigenvalue weighted by atomic mass is 19.4. The fraction of sp³-hybridized carbons (Fsp3) is 0.0952. The maximum Gasteiger partial charge on any atom is 0.416 e. The lowest BCUT2D eigenvalue weighted by molar-refractivity contribution is -0.137. The first-order valence-corrected chi connectivity index (χ1v) is 8.54. The number of aromatic carboxylic acids is 1. The Morgan fingerprint density at radius 3 is 2.30 bits per heavy atom. The highest BCUT2D eigenvalue weighted by Gasteiger charge is 2.30. The summed E-state index contributed by atoms with van der Waals surface area (Å²) in [6.45, 7) is 0. The molecule has 0 fully saturated rings. The molecule has 0 atom stereocenters. The zero-order valence-electron chi connectivity index (χ0n) is 15.5. The van der Waals surface area contributed by atoms with Crippen LogP contribution in [0.1, 0.15) is 26.3 Å². The molecule has 3 aromatic rings. The number of hydrogen-bond acceptors (Lipinski definition) is 4. The number of hydrogen-bond donors (Lipinski definition) is 2. The van der Waals surface area contributed by atoms with Gasteiger partial charge in [0.2, 0.25) is 0 Å². The van der Waals surface area contributed by atoms with E-state index in [4.69, 9.17) is 4.74 Å². The second kappa shape index (κ2) is 8.24. The molecule has 3 rings (SSSR count). The van der Waals surface area contributed by atoms with Crippen LogP contribution < -0.4 is 10.1 Å². The summed E-state index contributed by atoms with van der Waals surface area (Å²) in [7, 11) is 1.32. The third-order valence-corrected chi connectivity index (χ3v) is 4.23.